The van der Waals surface area contributed by atoms with Crippen LogP contribution in [0.5, 0.6) is 17.2 Å². The number of phenols is 3. The van der Waals surface area contributed by atoms with Crippen LogP contribution in [0.4, 0.5) is 0 Å². The van der Waals surface area contributed by atoms with Crippen LogP contribution in [0.2, 0.25) is 0 Å². The van der Waals surface area contributed by atoms with Gasteiger partial charge in [0, 0.05) is 12.0 Å². The number of hydrogen-bond acceptors (Lipinski definition) is 5. The Bertz CT molecular complexity index is 508. The van der Waals surface area contributed by atoms with Crippen LogP contribution in [0.3, 0.4) is 0 Å². The molecule has 0 unspecified atom stereocenters. The summed E-state index contributed by atoms with van der Waals surface area (Å²) in [6, 6.07) is 2.91. The minimum Gasteiger partial charge on any atom is -0.504 e. The number of allylic oxidation sites excluding steroid dienone is 1. The van der Waals surface area contributed by atoms with Crippen LogP contribution in [0.15, 0.2) is 23.8 Å². The topological polar surface area (TPSA) is 93.8 Å². The molecule has 1 aromatic rings. The van der Waals surface area contributed by atoms with E-state index < -0.39 is 5.75 Å². The van der Waals surface area contributed by atoms with Crippen LogP contribution in [-0.4, -0.2) is 27.8 Å². The fourth-order valence-corrected chi connectivity index (χ4v) is 1.88. The van der Waals surface area contributed by atoms with Gasteiger partial charge in [-0.15, -0.1) is 0 Å². The van der Waals surface area contributed by atoms with Crippen molar-refractivity contribution in [3.63, 3.8) is 0 Å². The summed E-state index contributed by atoms with van der Waals surface area (Å²) >= 11 is 0. The van der Waals surface area contributed by atoms with Crippen molar-refractivity contribution < 1.29 is 20.1 Å². The molecule has 1 saturated heterocycles. The number of benzene rings is 1. The number of phenolic OH excluding ortho intramolecular Hbond substituents is 3. The molecule has 2 rings (SSSR count). The van der Waals surface area contributed by atoms with Gasteiger partial charge in [-0.05, 0) is 24.5 Å². The second-order valence-electron chi connectivity index (χ2n) is 4.14. The van der Waals surface area contributed by atoms with Gasteiger partial charge in [-0.25, -0.2) is 0 Å². The molecule has 1 fully saturated rings. The molecule has 18 heavy (non-hydrogen) atoms. The lowest BCUT2D eigenvalue weighted by Gasteiger charge is -2.06. The maximum absolute atomic E-state index is 9.62. The summed E-state index contributed by atoms with van der Waals surface area (Å²) in [6.07, 6.45) is 3.81. The molecule has 5 heteroatoms. The van der Waals surface area contributed by atoms with Crippen LogP contribution in [0.25, 0.3) is 0 Å². The molecule has 4 N–H and O–H groups in total. The summed E-state index contributed by atoms with van der Waals surface area (Å²) in [4.78, 5) is 0. The Kier molecular flexibility index (Phi) is 3.41. The van der Waals surface area contributed by atoms with E-state index in [-0.39, 0.29) is 17.4 Å². The van der Waals surface area contributed by atoms with Gasteiger partial charge in [0.25, 0.3) is 0 Å². The van der Waals surface area contributed by atoms with E-state index >= 15 is 0 Å². The van der Waals surface area contributed by atoms with Gasteiger partial charge in [-0.3, -0.25) is 5.41 Å². The summed E-state index contributed by atoms with van der Waals surface area (Å²) in [6.45, 7) is 0.552. The van der Waals surface area contributed by atoms with Crippen molar-refractivity contribution in [2.75, 3.05) is 6.61 Å². The molecule has 0 atom stereocenters. The molecule has 5 nitrogen and oxygen atoms in total. The Morgan fingerprint density at radius 3 is 2.67 bits per heavy atom. The van der Waals surface area contributed by atoms with Crippen LogP contribution in [-0.2, 0) is 11.2 Å². The van der Waals surface area contributed by atoms with Crippen LogP contribution < -0.4 is 0 Å². The first-order valence-corrected chi connectivity index (χ1v) is 5.73. The minimum atomic E-state index is -0.489. The van der Waals surface area contributed by atoms with E-state index in [0.717, 1.165) is 12.0 Å². The third kappa shape index (κ3) is 2.40. The number of nitrogens with one attached hydrogen (secondary N) is 1. The van der Waals surface area contributed by atoms with Crippen molar-refractivity contribution in [2.24, 2.45) is 0 Å². The molecule has 1 aliphatic rings. The van der Waals surface area contributed by atoms with Crippen molar-refractivity contribution in [2.45, 2.75) is 19.3 Å². The molecule has 1 aliphatic heterocycles. The van der Waals surface area contributed by atoms with Crippen LogP contribution in [0, 0.1) is 5.41 Å². The van der Waals surface area contributed by atoms with Crippen molar-refractivity contribution in [1.82, 2.24) is 0 Å². The van der Waals surface area contributed by atoms with Gasteiger partial charge < -0.3 is 20.1 Å². The highest BCUT2D eigenvalue weighted by Gasteiger charge is 2.14. The number of aromatic hydroxyl groups is 3. The fraction of sp³-hybridized carbons (Fsp3) is 0.308. The van der Waals surface area contributed by atoms with E-state index in [1.54, 1.807) is 6.07 Å². The second kappa shape index (κ2) is 5.00. The Morgan fingerprint density at radius 1 is 1.22 bits per heavy atom. The van der Waals surface area contributed by atoms with Gasteiger partial charge in [0.15, 0.2) is 11.5 Å². The maximum atomic E-state index is 9.62. The first-order chi connectivity index (χ1) is 8.59. The molecule has 0 aliphatic carbocycles. The van der Waals surface area contributed by atoms with Gasteiger partial charge in [0.05, 0.1) is 6.61 Å². The number of hydrogen-bond donors (Lipinski definition) is 4. The highest BCUT2D eigenvalue weighted by atomic mass is 16.5. The van der Waals surface area contributed by atoms with Gasteiger partial charge in [0.1, 0.15) is 0 Å². The molecule has 0 spiro atoms. The summed E-state index contributed by atoms with van der Waals surface area (Å²) in [7, 11) is 0. The average molecular weight is 249 g/mol. The number of ether oxygens (including phenoxy) is 1. The predicted octanol–water partition coefficient (Wildman–Crippen LogP) is 2.06. The molecule has 1 aromatic carbocycles. The van der Waals surface area contributed by atoms with Gasteiger partial charge in [0.2, 0.25) is 11.6 Å². The zero-order chi connectivity index (χ0) is 13.1. The highest BCUT2D eigenvalue weighted by molar-refractivity contribution is 5.92. The molecule has 0 amide bonds. The summed E-state index contributed by atoms with van der Waals surface area (Å²) < 4.78 is 5.02. The van der Waals surface area contributed by atoms with Gasteiger partial charge in [-0.2, -0.15) is 0 Å². The molecule has 0 radical (unpaired) electrons. The van der Waals surface area contributed by atoms with E-state index in [2.05, 4.69) is 0 Å². The monoisotopic (exact) mass is 249 g/mol. The zero-order valence-electron chi connectivity index (χ0n) is 9.81. The standard InChI is InChI=1S/C13H15NO4/c14-13-9(6-7-18-13)3-1-2-8-4-5-10(15)12(17)11(8)16/h3-5,14-17H,1-2,6-7H2/b9-3+,14-13?. The quantitative estimate of drug-likeness (QED) is 0.617. The van der Waals surface area contributed by atoms with Gasteiger partial charge in [-0.1, -0.05) is 12.1 Å². The third-order valence-corrected chi connectivity index (χ3v) is 2.93. The maximum Gasteiger partial charge on any atom is 0.208 e. The highest BCUT2D eigenvalue weighted by Crippen LogP contribution is 2.37. The SMILES string of the molecule is N=C1OCC/C1=C\CCc1ccc(O)c(O)c1O. The Labute approximate surface area is 104 Å². The zero-order valence-corrected chi connectivity index (χ0v) is 9.81. The second-order valence-corrected chi connectivity index (χ2v) is 4.14. The van der Waals surface area contributed by atoms with Crippen molar-refractivity contribution in [3.05, 3.63) is 29.3 Å². The molecule has 96 valence electrons. The summed E-state index contributed by atoms with van der Waals surface area (Å²) in [5.74, 6) is -0.892. The lowest BCUT2D eigenvalue weighted by molar-refractivity contribution is 0.341. The lowest BCUT2D eigenvalue weighted by atomic mass is 10.1. The molecule has 1 heterocycles. The normalized spacial score (nSPS) is 17.1. The van der Waals surface area contributed by atoms with Gasteiger partial charge >= 0.3 is 0 Å². The molecular formula is C13H15NO4. The van der Waals surface area contributed by atoms with E-state index in [1.165, 1.54) is 6.07 Å². The Balaban J connectivity index is 2.03. The summed E-state index contributed by atoms with van der Waals surface area (Å²) in [5, 5.41) is 35.7. The smallest absolute Gasteiger partial charge is 0.208 e. The Morgan fingerprint density at radius 2 is 2.00 bits per heavy atom. The molecule has 0 aromatic heterocycles. The van der Waals surface area contributed by atoms with E-state index in [9.17, 15) is 15.3 Å². The van der Waals surface area contributed by atoms with Crippen molar-refractivity contribution in [3.8, 4) is 17.2 Å². The van der Waals surface area contributed by atoms with E-state index in [4.69, 9.17) is 10.1 Å². The molecule has 0 bridgehead atoms. The minimum absolute atomic E-state index is 0.216. The Hall–Kier alpha value is -2.17. The van der Waals surface area contributed by atoms with E-state index in [0.29, 0.717) is 25.0 Å². The van der Waals surface area contributed by atoms with Crippen molar-refractivity contribution >= 4 is 5.90 Å². The fourth-order valence-electron chi connectivity index (χ4n) is 1.88. The summed E-state index contributed by atoms with van der Waals surface area (Å²) in [5.41, 5.74) is 1.44. The first-order valence-electron chi connectivity index (χ1n) is 5.73. The van der Waals surface area contributed by atoms with E-state index in [1.807, 2.05) is 6.08 Å². The predicted molar refractivity (Wildman–Crippen MR) is 66.1 cm³/mol. The average Bonchev–Trinajstić information content (AvgIpc) is 2.75. The third-order valence-electron chi connectivity index (χ3n) is 2.93. The number of rotatable bonds is 3. The molecular weight excluding hydrogens is 234 g/mol. The van der Waals surface area contributed by atoms with Crippen molar-refractivity contribution in [1.29, 1.82) is 5.41 Å². The lowest BCUT2D eigenvalue weighted by Crippen LogP contribution is -1.94. The van der Waals surface area contributed by atoms with Crippen LogP contribution >= 0.6 is 0 Å². The first kappa shape index (κ1) is 12.3. The number of aryl methyl sites for hydroxylation is 1. The molecule has 0 saturated carbocycles. The van der Waals surface area contributed by atoms with Crippen LogP contribution in [0.1, 0.15) is 18.4 Å². The largest absolute Gasteiger partial charge is 0.504 e.